The van der Waals surface area contributed by atoms with Crippen LogP contribution in [-0.2, 0) is 0 Å². The minimum atomic E-state index is 0.672. The number of rotatable bonds is 3. The van der Waals surface area contributed by atoms with Gasteiger partial charge < -0.3 is 4.90 Å². The van der Waals surface area contributed by atoms with Gasteiger partial charge in [-0.1, -0.05) is 18.2 Å². The van der Waals surface area contributed by atoms with Crippen LogP contribution in [0.4, 0.5) is 5.69 Å². The van der Waals surface area contributed by atoms with E-state index in [0.29, 0.717) is 5.92 Å². The van der Waals surface area contributed by atoms with Crippen LogP contribution in [0, 0.1) is 0 Å². The second-order valence-corrected chi connectivity index (χ2v) is 6.55. The van der Waals surface area contributed by atoms with Crippen LogP contribution in [0.2, 0.25) is 0 Å². The number of aromatic amines is 1. The Morgan fingerprint density at radius 1 is 0.955 bits per heavy atom. The van der Waals surface area contributed by atoms with Crippen molar-refractivity contribution in [2.45, 2.75) is 31.2 Å². The molecule has 0 radical (unpaired) electrons. The fourth-order valence-electron chi connectivity index (χ4n) is 3.98. The highest BCUT2D eigenvalue weighted by atomic mass is 15.3. The molecule has 4 nitrogen and oxygen atoms in total. The molecular formula is C18H24N4. The number of hydrogen-bond donors (Lipinski definition) is 1. The van der Waals surface area contributed by atoms with Gasteiger partial charge in [-0.25, -0.2) is 0 Å². The first-order valence-corrected chi connectivity index (χ1v) is 8.43. The van der Waals surface area contributed by atoms with Gasteiger partial charge >= 0.3 is 0 Å². The normalized spacial score (nSPS) is 24.0. The van der Waals surface area contributed by atoms with Crippen molar-refractivity contribution in [3.8, 4) is 0 Å². The zero-order valence-electron chi connectivity index (χ0n) is 13.0. The quantitative estimate of drug-likeness (QED) is 0.946. The molecule has 2 saturated heterocycles. The van der Waals surface area contributed by atoms with Crippen molar-refractivity contribution in [2.75, 3.05) is 31.1 Å². The van der Waals surface area contributed by atoms with Crippen LogP contribution in [-0.4, -0.2) is 47.3 Å². The predicted molar refractivity (Wildman–Crippen MR) is 89.2 cm³/mol. The largest absolute Gasteiger partial charge is 0.370 e. The maximum Gasteiger partial charge on any atom is 0.0490 e. The van der Waals surface area contributed by atoms with Gasteiger partial charge in [0.1, 0.15) is 0 Å². The van der Waals surface area contributed by atoms with Crippen molar-refractivity contribution < 1.29 is 0 Å². The topological polar surface area (TPSA) is 35.2 Å². The van der Waals surface area contributed by atoms with Crippen molar-refractivity contribution in [2.24, 2.45) is 0 Å². The lowest BCUT2D eigenvalue weighted by molar-refractivity contribution is 0.161. The summed E-state index contributed by atoms with van der Waals surface area (Å²) >= 11 is 0. The molecule has 1 unspecified atom stereocenters. The van der Waals surface area contributed by atoms with Crippen LogP contribution in [0.3, 0.4) is 0 Å². The Bertz CT molecular complexity index is 572. The van der Waals surface area contributed by atoms with E-state index < -0.39 is 0 Å². The molecule has 1 N–H and O–H groups in total. The Morgan fingerprint density at radius 3 is 2.50 bits per heavy atom. The van der Waals surface area contributed by atoms with Gasteiger partial charge in [0.15, 0.2) is 0 Å². The molecule has 2 aliphatic rings. The van der Waals surface area contributed by atoms with Gasteiger partial charge in [0, 0.05) is 42.6 Å². The van der Waals surface area contributed by atoms with Crippen molar-refractivity contribution in [1.82, 2.24) is 15.1 Å². The Morgan fingerprint density at radius 2 is 1.77 bits per heavy atom. The summed E-state index contributed by atoms with van der Waals surface area (Å²) in [7, 11) is 0. The van der Waals surface area contributed by atoms with E-state index in [1.54, 1.807) is 0 Å². The summed E-state index contributed by atoms with van der Waals surface area (Å²) in [5.41, 5.74) is 2.69. The molecule has 2 fully saturated rings. The van der Waals surface area contributed by atoms with Crippen molar-refractivity contribution in [3.63, 3.8) is 0 Å². The maximum atomic E-state index is 4.09. The summed E-state index contributed by atoms with van der Waals surface area (Å²) in [6, 6.07) is 13.7. The summed E-state index contributed by atoms with van der Waals surface area (Å²) < 4.78 is 0. The molecule has 2 aliphatic heterocycles. The highest BCUT2D eigenvalue weighted by Gasteiger charge is 2.31. The van der Waals surface area contributed by atoms with E-state index in [-0.39, 0.29) is 0 Å². The lowest BCUT2D eigenvalue weighted by Crippen LogP contribution is -2.42. The smallest absolute Gasteiger partial charge is 0.0490 e. The Hall–Kier alpha value is -1.81. The number of benzene rings is 1. The maximum absolute atomic E-state index is 4.09. The van der Waals surface area contributed by atoms with E-state index in [2.05, 4.69) is 56.4 Å². The molecule has 1 aromatic carbocycles. The average Bonchev–Trinajstić information content (AvgIpc) is 3.28. The number of aromatic nitrogens is 2. The average molecular weight is 296 g/mol. The molecular weight excluding hydrogens is 272 g/mol. The molecule has 4 rings (SSSR count). The third kappa shape index (κ3) is 2.75. The third-order valence-electron chi connectivity index (χ3n) is 5.29. The molecule has 4 heteroatoms. The van der Waals surface area contributed by atoms with Crippen LogP contribution in [0.15, 0.2) is 42.6 Å². The van der Waals surface area contributed by atoms with Crippen LogP contribution in [0.1, 0.15) is 30.9 Å². The molecule has 0 aliphatic carbocycles. The number of hydrogen-bond acceptors (Lipinski definition) is 3. The molecule has 0 saturated carbocycles. The lowest BCUT2D eigenvalue weighted by Gasteiger charge is -2.35. The van der Waals surface area contributed by atoms with Crippen molar-refractivity contribution >= 4 is 5.69 Å². The molecule has 0 bridgehead atoms. The number of nitrogens with zero attached hydrogens (tertiary/aromatic N) is 3. The van der Waals surface area contributed by atoms with Gasteiger partial charge in [-0.05, 0) is 50.6 Å². The zero-order valence-corrected chi connectivity index (χ0v) is 13.0. The summed E-state index contributed by atoms with van der Waals surface area (Å²) in [5.74, 6) is 0.672. The summed E-state index contributed by atoms with van der Waals surface area (Å²) in [5, 5.41) is 7.24. The molecule has 0 amide bonds. The predicted octanol–water partition coefficient (Wildman–Crippen LogP) is 2.87. The van der Waals surface area contributed by atoms with Crippen molar-refractivity contribution in [3.05, 3.63) is 48.3 Å². The summed E-state index contributed by atoms with van der Waals surface area (Å²) in [6.07, 6.45) is 5.67. The first-order valence-electron chi connectivity index (χ1n) is 8.43. The van der Waals surface area contributed by atoms with Crippen LogP contribution in [0.5, 0.6) is 0 Å². The number of likely N-dealkylation sites (tertiary alicyclic amines) is 1. The van der Waals surface area contributed by atoms with Gasteiger partial charge in [0.2, 0.25) is 0 Å². The molecule has 3 heterocycles. The molecule has 22 heavy (non-hydrogen) atoms. The standard InChI is InChI=1S/C18H24N4/c1-2-4-16(5-3-1)22-13-9-17(14-22)21-11-7-15(8-12-21)18-6-10-19-20-18/h1-6,10,15,17H,7-9,11-14H2,(H,19,20). The minimum absolute atomic E-state index is 0.672. The number of anilines is 1. The van der Waals surface area contributed by atoms with Gasteiger partial charge in [-0.15, -0.1) is 0 Å². The number of H-pyrrole nitrogens is 1. The SMILES string of the molecule is c1ccc(N2CCC(N3CCC(c4ccn[nH]4)CC3)C2)cc1. The van der Waals surface area contributed by atoms with Gasteiger partial charge in [-0.3, -0.25) is 10.00 Å². The Kier molecular flexibility index (Phi) is 3.85. The van der Waals surface area contributed by atoms with E-state index in [0.717, 1.165) is 6.04 Å². The zero-order chi connectivity index (χ0) is 14.8. The lowest BCUT2D eigenvalue weighted by atomic mass is 9.93. The molecule has 2 aromatic rings. The van der Waals surface area contributed by atoms with E-state index in [1.807, 2.05) is 6.20 Å². The second kappa shape index (κ2) is 6.13. The van der Waals surface area contributed by atoms with Crippen LogP contribution in [0.25, 0.3) is 0 Å². The first-order chi connectivity index (χ1) is 10.9. The fourth-order valence-corrected chi connectivity index (χ4v) is 3.98. The van der Waals surface area contributed by atoms with E-state index in [1.165, 1.54) is 56.8 Å². The van der Waals surface area contributed by atoms with Gasteiger partial charge in [0.25, 0.3) is 0 Å². The second-order valence-electron chi connectivity index (χ2n) is 6.55. The molecule has 1 aromatic heterocycles. The third-order valence-corrected chi connectivity index (χ3v) is 5.29. The van der Waals surface area contributed by atoms with E-state index >= 15 is 0 Å². The molecule has 0 spiro atoms. The number of piperidine rings is 1. The fraction of sp³-hybridized carbons (Fsp3) is 0.500. The van der Waals surface area contributed by atoms with Crippen LogP contribution < -0.4 is 4.90 Å². The number of nitrogens with one attached hydrogen (secondary N) is 1. The monoisotopic (exact) mass is 296 g/mol. The minimum Gasteiger partial charge on any atom is -0.370 e. The molecule has 116 valence electrons. The van der Waals surface area contributed by atoms with E-state index in [9.17, 15) is 0 Å². The summed E-state index contributed by atoms with van der Waals surface area (Å²) in [6.45, 7) is 4.81. The van der Waals surface area contributed by atoms with Gasteiger partial charge in [-0.2, -0.15) is 5.10 Å². The van der Waals surface area contributed by atoms with Gasteiger partial charge in [0.05, 0.1) is 0 Å². The Labute approximate surface area is 132 Å². The van der Waals surface area contributed by atoms with Crippen LogP contribution >= 0.6 is 0 Å². The number of para-hydroxylation sites is 1. The highest BCUT2D eigenvalue weighted by molar-refractivity contribution is 5.47. The Balaban J connectivity index is 1.33. The van der Waals surface area contributed by atoms with E-state index in [4.69, 9.17) is 0 Å². The highest BCUT2D eigenvalue weighted by Crippen LogP contribution is 2.30. The summed E-state index contributed by atoms with van der Waals surface area (Å²) in [4.78, 5) is 5.24. The molecule has 1 atom stereocenters. The van der Waals surface area contributed by atoms with Crippen molar-refractivity contribution in [1.29, 1.82) is 0 Å². The first kappa shape index (κ1) is 13.8.